The van der Waals surface area contributed by atoms with Crippen LogP contribution in [0.2, 0.25) is 0 Å². The Morgan fingerprint density at radius 1 is 1.32 bits per heavy atom. The van der Waals surface area contributed by atoms with E-state index in [4.69, 9.17) is 4.99 Å². The molecule has 0 aliphatic heterocycles. The van der Waals surface area contributed by atoms with E-state index in [9.17, 15) is 0 Å². The Kier molecular flexibility index (Phi) is 5.29. The first-order chi connectivity index (χ1) is 10.8. The summed E-state index contributed by atoms with van der Waals surface area (Å²) in [6, 6.07) is 9.34. The van der Waals surface area contributed by atoms with Gasteiger partial charge in [0, 0.05) is 30.3 Å². The van der Waals surface area contributed by atoms with Gasteiger partial charge >= 0.3 is 0 Å². The summed E-state index contributed by atoms with van der Waals surface area (Å²) in [5.41, 5.74) is 2.99. The average molecular weight is 318 g/mol. The van der Waals surface area contributed by atoms with E-state index in [2.05, 4.69) is 48.1 Å². The van der Waals surface area contributed by atoms with Crippen LogP contribution in [0.3, 0.4) is 0 Å². The summed E-state index contributed by atoms with van der Waals surface area (Å²) in [6.07, 6.45) is 7.26. The second-order valence-electron chi connectivity index (χ2n) is 6.33. The van der Waals surface area contributed by atoms with Crippen LogP contribution in [0.25, 0.3) is 0 Å². The Balaban J connectivity index is 1.55. The van der Waals surface area contributed by atoms with Gasteiger partial charge in [-0.2, -0.15) is 11.8 Å². The fourth-order valence-corrected chi connectivity index (χ4v) is 4.32. The number of guanidine groups is 1. The van der Waals surface area contributed by atoms with E-state index in [1.807, 2.05) is 11.8 Å². The molecule has 3 nitrogen and oxygen atoms in total. The van der Waals surface area contributed by atoms with Gasteiger partial charge in [-0.25, -0.2) is 0 Å². The Bertz CT molecular complexity index is 529. The Morgan fingerprint density at radius 3 is 2.91 bits per heavy atom. The highest BCUT2D eigenvalue weighted by Crippen LogP contribution is 2.34. The molecule has 0 aromatic heterocycles. The zero-order valence-electron chi connectivity index (χ0n) is 13.6. The molecule has 0 heterocycles. The quantitative estimate of drug-likeness (QED) is 0.647. The first kappa shape index (κ1) is 15.7. The van der Waals surface area contributed by atoms with Crippen molar-refractivity contribution < 1.29 is 0 Å². The zero-order valence-corrected chi connectivity index (χ0v) is 14.5. The second-order valence-corrected chi connectivity index (χ2v) is 7.47. The molecule has 1 aromatic carbocycles. The minimum atomic E-state index is 0.587. The lowest BCUT2D eigenvalue weighted by molar-refractivity contribution is 0.594. The fraction of sp³-hybridized carbons (Fsp3) is 0.611. The number of nitrogens with one attached hydrogen (secondary N) is 2. The van der Waals surface area contributed by atoms with Crippen LogP contribution in [0.5, 0.6) is 0 Å². The van der Waals surface area contributed by atoms with Gasteiger partial charge < -0.3 is 10.6 Å². The van der Waals surface area contributed by atoms with E-state index in [0.29, 0.717) is 12.0 Å². The first-order valence-electron chi connectivity index (χ1n) is 8.45. The molecule has 3 rings (SSSR count). The second kappa shape index (κ2) is 7.40. The maximum atomic E-state index is 4.84. The van der Waals surface area contributed by atoms with Crippen molar-refractivity contribution in [2.45, 2.75) is 49.8 Å². The largest absolute Gasteiger partial charge is 0.357 e. The minimum absolute atomic E-state index is 0.587. The molecule has 0 radical (unpaired) electrons. The highest BCUT2D eigenvalue weighted by molar-refractivity contribution is 7.99. The number of rotatable bonds is 5. The molecule has 0 amide bonds. The third-order valence-electron chi connectivity index (χ3n) is 4.83. The molecule has 1 fully saturated rings. The van der Waals surface area contributed by atoms with Crippen LogP contribution in [0.4, 0.5) is 0 Å². The molecule has 1 aromatic rings. The summed E-state index contributed by atoms with van der Waals surface area (Å²) in [4.78, 5) is 4.84. The monoisotopic (exact) mass is 317 g/mol. The van der Waals surface area contributed by atoms with Crippen molar-refractivity contribution in [2.24, 2.45) is 4.99 Å². The van der Waals surface area contributed by atoms with Crippen LogP contribution in [-0.4, -0.2) is 36.6 Å². The summed E-state index contributed by atoms with van der Waals surface area (Å²) in [5.74, 6) is 1.60. The summed E-state index contributed by atoms with van der Waals surface area (Å²) in [5, 5.41) is 7.85. The zero-order chi connectivity index (χ0) is 15.4. The van der Waals surface area contributed by atoms with Gasteiger partial charge in [-0.05, 0) is 50.0 Å². The molecule has 1 saturated carbocycles. The van der Waals surface area contributed by atoms with E-state index in [1.165, 1.54) is 36.8 Å². The number of nitrogens with zero attached hydrogens (tertiary/aromatic N) is 1. The first-order valence-corrected chi connectivity index (χ1v) is 9.74. The van der Waals surface area contributed by atoms with Gasteiger partial charge in [0.05, 0.1) is 0 Å². The van der Waals surface area contributed by atoms with Crippen molar-refractivity contribution >= 4 is 17.7 Å². The number of benzene rings is 1. The van der Waals surface area contributed by atoms with Gasteiger partial charge in [-0.15, -0.1) is 0 Å². The van der Waals surface area contributed by atoms with Crippen LogP contribution in [0.1, 0.15) is 43.2 Å². The van der Waals surface area contributed by atoms with Gasteiger partial charge in [0.1, 0.15) is 0 Å². The van der Waals surface area contributed by atoms with Crippen molar-refractivity contribution in [2.75, 3.05) is 19.3 Å². The lowest BCUT2D eigenvalue weighted by atomic mass is 9.78. The fourth-order valence-electron chi connectivity index (χ4n) is 3.53. The van der Waals surface area contributed by atoms with Gasteiger partial charge in [-0.1, -0.05) is 24.3 Å². The third-order valence-corrected chi connectivity index (χ3v) is 5.93. The highest BCUT2D eigenvalue weighted by Gasteiger charge is 2.26. The molecule has 0 bridgehead atoms. The van der Waals surface area contributed by atoms with Crippen molar-refractivity contribution in [1.29, 1.82) is 0 Å². The maximum absolute atomic E-state index is 4.84. The molecule has 22 heavy (non-hydrogen) atoms. The van der Waals surface area contributed by atoms with E-state index < -0.39 is 0 Å². The molecule has 3 atom stereocenters. The Labute approximate surface area is 138 Å². The molecule has 2 N–H and O–H groups in total. The molecule has 0 saturated heterocycles. The number of aliphatic imine (C=N–C) groups is 1. The van der Waals surface area contributed by atoms with Gasteiger partial charge in [0.15, 0.2) is 5.96 Å². The lowest BCUT2D eigenvalue weighted by Gasteiger charge is -2.29. The normalized spacial score (nSPS) is 27.2. The molecule has 4 heteroatoms. The number of thioether (sulfide) groups is 1. The summed E-state index contributed by atoms with van der Waals surface area (Å²) < 4.78 is 0. The highest BCUT2D eigenvalue weighted by atomic mass is 32.2. The summed E-state index contributed by atoms with van der Waals surface area (Å²) in [7, 11) is 0. The predicted octanol–water partition coefficient (Wildman–Crippen LogP) is 3.17. The van der Waals surface area contributed by atoms with Gasteiger partial charge in [0.2, 0.25) is 0 Å². The van der Waals surface area contributed by atoms with Crippen molar-refractivity contribution in [3.63, 3.8) is 0 Å². The van der Waals surface area contributed by atoms with Crippen molar-refractivity contribution in [3.05, 3.63) is 35.4 Å². The van der Waals surface area contributed by atoms with Gasteiger partial charge in [-0.3, -0.25) is 4.99 Å². The number of fused-ring (bicyclic) bond motifs is 1. The van der Waals surface area contributed by atoms with Crippen molar-refractivity contribution in [3.8, 4) is 0 Å². The van der Waals surface area contributed by atoms with E-state index in [1.54, 1.807) is 0 Å². The van der Waals surface area contributed by atoms with Crippen LogP contribution in [-0.2, 0) is 6.42 Å². The molecule has 3 unspecified atom stereocenters. The summed E-state index contributed by atoms with van der Waals surface area (Å²) in [6.45, 7) is 3.95. The van der Waals surface area contributed by atoms with Crippen LogP contribution < -0.4 is 10.6 Å². The maximum Gasteiger partial charge on any atom is 0.191 e. The number of hydrogen-bond donors (Lipinski definition) is 2. The van der Waals surface area contributed by atoms with E-state index in [-0.39, 0.29) is 0 Å². The molecule has 2 aliphatic carbocycles. The topological polar surface area (TPSA) is 36.4 Å². The molecular formula is C18H27N3S. The summed E-state index contributed by atoms with van der Waals surface area (Å²) >= 11 is 2.00. The van der Waals surface area contributed by atoms with Crippen molar-refractivity contribution in [1.82, 2.24) is 10.6 Å². The number of hydrogen-bond acceptors (Lipinski definition) is 2. The molecule has 120 valence electrons. The Morgan fingerprint density at radius 2 is 2.18 bits per heavy atom. The van der Waals surface area contributed by atoms with Crippen LogP contribution in [0, 0.1) is 0 Å². The standard InChI is InChI=1S/C18H27N3S/c1-3-19-18(21-15-8-9-16(11-15)22-2)20-12-14-10-13-6-4-5-7-17(13)14/h4-7,14-16H,3,8-12H2,1-2H3,(H2,19,20,21). The van der Waals surface area contributed by atoms with Gasteiger partial charge in [0.25, 0.3) is 0 Å². The molecule has 2 aliphatic rings. The Hall–Kier alpha value is -1.16. The van der Waals surface area contributed by atoms with Crippen LogP contribution >= 0.6 is 11.8 Å². The lowest BCUT2D eigenvalue weighted by Crippen LogP contribution is -2.43. The predicted molar refractivity (Wildman–Crippen MR) is 96.9 cm³/mol. The SMILES string of the molecule is CCNC(=NCC1Cc2ccccc21)NC1CCC(SC)C1. The smallest absolute Gasteiger partial charge is 0.191 e. The average Bonchev–Trinajstić information content (AvgIpc) is 2.96. The minimum Gasteiger partial charge on any atom is -0.357 e. The van der Waals surface area contributed by atoms with E-state index in [0.717, 1.165) is 24.3 Å². The molecule has 0 spiro atoms. The van der Waals surface area contributed by atoms with E-state index >= 15 is 0 Å². The molecular weight excluding hydrogens is 290 g/mol. The van der Waals surface area contributed by atoms with Crippen LogP contribution in [0.15, 0.2) is 29.3 Å². The third kappa shape index (κ3) is 3.60.